The number of halogens is 1. The fourth-order valence-electron chi connectivity index (χ4n) is 3.00. The number of nitrogens with zero attached hydrogens (tertiary/aromatic N) is 3. The van der Waals surface area contributed by atoms with Gasteiger partial charge in [-0.25, -0.2) is 4.39 Å². The number of carbonyl (C=O) groups excluding carboxylic acids is 2. The topological polar surface area (TPSA) is 43.9 Å². The SMILES string of the molecule is CN(C)C(=O)Sc1ccc(CN2CCN(C(=O)c3ccc(F)cc3)CC2)cc1. The summed E-state index contributed by atoms with van der Waals surface area (Å²) >= 11 is 1.21. The van der Waals surface area contributed by atoms with Crippen molar-refractivity contribution >= 4 is 22.9 Å². The van der Waals surface area contributed by atoms with Crippen molar-refractivity contribution in [3.8, 4) is 0 Å². The van der Waals surface area contributed by atoms with Crippen LogP contribution in [0.2, 0.25) is 0 Å². The van der Waals surface area contributed by atoms with Gasteiger partial charge in [-0.1, -0.05) is 12.1 Å². The van der Waals surface area contributed by atoms with Crippen LogP contribution in [0.1, 0.15) is 15.9 Å². The van der Waals surface area contributed by atoms with E-state index >= 15 is 0 Å². The zero-order chi connectivity index (χ0) is 20.1. The number of rotatable bonds is 4. The molecule has 7 heteroatoms. The number of amides is 2. The molecule has 0 N–H and O–H groups in total. The van der Waals surface area contributed by atoms with Crippen LogP contribution >= 0.6 is 11.8 Å². The zero-order valence-corrected chi connectivity index (χ0v) is 16.9. The smallest absolute Gasteiger partial charge is 0.285 e. The summed E-state index contributed by atoms with van der Waals surface area (Å²) in [5, 5.41) is 0.00898. The maximum absolute atomic E-state index is 13.0. The van der Waals surface area contributed by atoms with E-state index in [9.17, 15) is 14.0 Å². The highest BCUT2D eigenvalue weighted by molar-refractivity contribution is 8.13. The van der Waals surface area contributed by atoms with Crippen LogP contribution < -0.4 is 0 Å². The maximum Gasteiger partial charge on any atom is 0.285 e. The first-order valence-electron chi connectivity index (χ1n) is 9.17. The van der Waals surface area contributed by atoms with E-state index in [1.807, 2.05) is 29.2 Å². The average Bonchev–Trinajstić information content (AvgIpc) is 2.70. The van der Waals surface area contributed by atoms with Gasteiger partial charge in [-0.2, -0.15) is 0 Å². The van der Waals surface area contributed by atoms with Crippen LogP contribution in [0.15, 0.2) is 53.4 Å². The number of hydrogen-bond donors (Lipinski definition) is 0. The van der Waals surface area contributed by atoms with E-state index in [0.29, 0.717) is 18.7 Å². The standard InChI is InChI=1S/C21H24FN3O2S/c1-23(2)21(27)28-19-9-3-16(4-10-19)15-24-11-13-25(14-12-24)20(26)17-5-7-18(22)8-6-17/h3-10H,11-15H2,1-2H3. The van der Waals surface area contributed by atoms with Crippen LogP contribution in [0.4, 0.5) is 9.18 Å². The number of benzene rings is 2. The summed E-state index contributed by atoms with van der Waals surface area (Å²) in [5.41, 5.74) is 1.70. The second-order valence-corrected chi connectivity index (χ2v) is 8.01. The lowest BCUT2D eigenvalue weighted by Crippen LogP contribution is -2.48. The van der Waals surface area contributed by atoms with Crippen molar-refractivity contribution in [3.05, 3.63) is 65.5 Å². The average molecular weight is 402 g/mol. The second-order valence-electron chi connectivity index (χ2n) is 6.98. The summed E-state index contributed by atoms with van der Waals surface area (Å²) in [6.07, 6.45) is 0. The first-order chi connectivity index (χ1) is 13.4. The second kappa shape index (κ2) is 9.21. The highest BCUT2D eigenvalue weighted by Gasteiger charge is 2.22. The molecule has 1 fully saturated rings. The van der Waals surface area contributed by atoms with Gasteiger partial charge in [-0.3, -0.25) is 14.5 Å². The molecule has 1 heterocycles. The lowest BCUT2D eigenvalue weighted by molar-refractivity contribution is 0.0628. The summed E-state index contributed by atoms with van der Waals surface area (Å²) in [6, 6.07) is 13.7. The molecule has 0 aromatic heterocycles. The van der Waals surface area contributed by atoms with Crippen LogP contribution in [-0.4, -0.2) is 66.1 Å². The Balaban J connectivity index is 1.49. The van der Waals surface area contributed by atoms with Crippen molar-refractivity contribution in [2.24, 2.45) is 0 Å². The fourth-order valence-corrected chi connectivity index (χ4v) is 3.65. The first kappa shape index (κ1) is 20.4. The zero-order valence-electron chi connectivity index (χ0n) is 16.1. The minimum atomic E-state index is -0.336. The van der Waals surface area contributed by atoms with Crippen molar-refractivity contribution in [2.45, 2.75) is 11.4 Å². The van der Waals surface area contributed by atoms with Crippen LogP contribution in [-0.2, 0) is 6.54 Å². The van der Waals surface area contributed by atoms with E-state index in [1.54, 1.807) is 19.0 Å². The van der Waals surface area contributed by atoms with E-state index in [2.05, 4.69) is 4.90 Å². The predicted molar refractivity (Wildman–Crippen MR) is 109 cm³/mol. The molecule has 148 valence electrons. The number of carbonyl (C=O) groups is 2. The third-order valence-electron chi connectivity index (χ3n) is 4.65. The minimum Gasteiger partial charge on any atom is -0.339 e. The summed E-state index contributed by atoms with van der Waals surface area (Å²) in [6.45, 7) is 3.71. The van der Waals surface area contributed by atoms with E-state index < -0.39 is 0 Å². The monoisotopic (exact) mass is 401 g/mol. The lowest BCUT2D eigenvalue weighted by Gasteiger charge is -2.34. The molecular weight excluding hydrogens is 377 g/mol. The Morgan fingerprint density at radius 3 is 2.14 bits per heavy atom. The molecule has 0 saturated carbocycles. The quantitative estimate of drug-likeness (QED) is 0.735. The summed E-state index contributed by atoms with van der Waals surface area (Å²) in [4.78, 5) is 30.9. The van der Waals surface area contributed by atoms with Crippen molar-refractivity contribution in [3.63, 3.8) is 0 Å². The van der Waals surface area contributed by atoms with Crippen molar-refractivity contribution in [2.75, 3.05) is 40.3 Å². The number of piperazine rings is 1. The molecule has 0 atom stereocenters. The molecule has 2 amide bonds. The van der Waals surface area contributed by atoms with Gasteiger partial charge in [-0.15, -0.1) is 0 Å². The minimum absolute atomic E-state index is 0.00898. The Kier molecular flexibility index (Phi) is 6.70. The molecule has 1 aliphatic heterocycles. The van der Waals surface area contributed by atoms with Crippen LogP contribution in [0.5, 0.6) is 0 Å². The largest absolute Gasteiger partial charge is 0.339 e. The van der Waals surface area contributed by atoms with Crippen LogP contribution in [0.3, 0.4) is 0 Å². The van der Waals surface area contributed by atoms with E-state index in [4.69, 9.17) is 0 Å². The number of thioether (sulfide) groups is 1. The third-order valence-corrected chi connectivity index (χ3v) is 5.70. The summed E-state index contributed by atoms with van der Waals surface area (Å²) in [5.74, 6) is -0.386. The first-order valence-corrected chi connectivity index (χ1v) is 9.99. The van der Waals surface area contributed by atoms with Crippen LogP contribution in [0, 0.1) is 5.82 Å². The van der Waals surface area contributed by atoms with Crippen molar-refractivity contribution in [1.29, 1.82) is 0 Å². The Hall–Kier alpha value is -2.38. The van der Waals surface area contributed by atoms with Gasteiger partial charge in [0.1, 0.15) is 5.82 Å². The Labute approximate surface area is 169 Å². The molecule has 0 bridgehead atoms. The van der Waals surface area contributed by atoms with Gasteiger partial charge in [0.25, 0.3) is 11.1 Å². The third kappa shape index (κ3) is 5.33. The van der Waals surface area contributed by atoms with E-state index in [-0.39, 0.29) is 17.0 Å². The molecule has 5 nitrogen and oxygen atoms in total. The van der Waals surface area contributed by atoms with Gasteiger partial charge >= 0.3 is 0 Å². The molecule has 1 saturated heterocycles. The van der Waals surface area contributed by atoms with Gasteiger partial charge in [0, 0.05) is 57.3 Å². The highest BCUT2D eigenvalue weighted by Crippen LogP contribution is 2.21. The van der Waals surface area contributed by atoms with Crippen molar-refractivity contribution < 1.29 is 14.0 Å². The fraction of sp³-hybridized carbons (Fsp3) is 0.333. The number of hydrogen-bond acceptors (Lipinski definition) is 4. The van der Waals surface area contributed by atoms with Gasteiger partial charge in [-0.05, 0) is 53.7 Å². The maximum atomic E-state index is 13.0. The molecule has 1 aliphatic rings. The molecule has 0 spiro atoms. The predicted octanol–water partition coefficient (Wildman–Crippen LogP) is 3.56. The van der Waals surface area contributed by atoms with E-state index in [0.717, 1.165) is 24.5 Å². The molecular formula is C21H24FN3O2S. The Morgan fingerprint density at radius 1 is 0.964 bits per heavy atom. The van der Waals surface area contributed by atoms with Gasteiger partial charge in [0.2, 0.25) is 0 Å². The Bertz CT molecular complexity index is 817. The Morgan fingerprint density at radius 2 is 1.57 bits per heavy atom. The van der Waals surface area contributed by atoms with E-state index in [1.165, 1.54) is 41.6 Å². The lowest BCUT2D eigenvalue weighted by atomic mass is 10.1. The normalized spacial score (nSPS) is 14.8. The molecule has 2 aromatic carbocycles. The molecule has 28 heavy (non-hydrogen) atoms. The van der Waals surface area contributed by atoms with Gasteiger partial charge in [0.05, 0.1) is 0 Å². The molecule has 0 aliphatic carbocycles. The highest BCUT2D eigenvalue weighted by atomic mass is 32.2. The molecule has 3 rings (SSSR count). The summed E-state index contributed by atoms with van der Waals surface area (Å²) in [7, 11) is 3.48. The van der Waals surface area contributed by atoms with Crippen molar-refractivity contribution in [1.82, 2.24) is 14.7 Å². The van der Waals surface area contributed by atoms with Crippen LogP contribution in [0.25, 0.3) is 0 Å². The van der Waals surface area contributed by atoms with Gasteiger partial charge < -0.3 is 9.80 Å². The van der Waals surface area contributed by atoms with Gasteiger partial charge in [0.15, 0.2) is 0 Å². The molecule has 0 radical (unpaired) electrons. The summed E-state index contributed by atoms with van der Waals surface area (Å²) < 4.78 is 13.0. The molecule has 0 unspecified atom stereocenters. The molecule has 2 aromatic rings.